The number of phenols is 2. The van der Waals surface area contributed by atoms with E-state index in [1.54, 1.807) is 18.9 Å². The minimum atomic E-state index is -2.48. The highest BCUT2D eigenvalue weighted by Gasteiger charge is 2.53. The molecule has 10 N–H and O–H groups in total. The van der Waals surface area contributed by atoms with Gasteiger partial charge in [-0.1, -0.05) is 54.6 Å². The number of amides is 5. The summed E-state index contributed by atoms with van der Waals surface area (Å²) in [5.41, 5.74) is 7.03. The number of fused-ring (bicyclic) bond motifs is 9. The first-order valence-electron chi connectivity index (χ1n) is 46.3. The van der Waals surface area contributed by atoms with Crippen LogP contribution in [0.1, 0.15) is 152 Å². The molecule has 7 aliphatic rings. The van der Waals surface area contributed by atoms with Gasteiger partial charge in [-0.15, -0.1) is 0 Å². The van der Waals surface area contributed by atoms with Gasteiger partial charge in [-0.3, -0.25) is 43.7 Å². The van der Waals surface area contributed by atoms with Crippen LogP contribution in [0, 0.1) is 11.3 Å². The molecule has 4 aliphatic heterocycles. The molecule has 39 heteroatoms. The Hall–Kier alpha value is -9.02. The molecule has 0 radical (unpaired) electrons. The summed E-state index contributed by atoms with van der Waals surface area (Å²) in [7, 11) is 4.43. The molecule has 3 saturated heterocycles. The lowest BCUT2D eigenvalue weighted by Crippen LogP contribution is -2.60. The molecule has 732 valence electrons. The van der Waals surface area contributed by atoms with Gasteiger partial charge in [0.25, 0.3) is 5.91 Å². The lowest BCUT2D eigenvalue weighted by molar-refractivity contribution is -0.253. The Labute approximate surface area is 774 Å². The number of hydrogen-bond donors (Lipinski definition) is 9. The van der Waals surface area contributed by atoms with Crippen molar-refractivity contribution in [3.05, 3.63) is 106 Å². The largest absolute Gasteiger partial charge is 0.507 e. The standard InChI is InChI=1S/C94H132N10O29/c1-6-130-91(118-5)90-98-67-56-74(131-60(2)87(67)133-90)132-71-58-94(115,57-66-76(71)86(111)78-77(84(66)109)83(108)65-17-13-19-70(117-4)75(65)85(78)110)92(114)97-30-29-96-89(113)82(79(95)69(105)24-33-119-36-37-121-40-41-123-44-45-125-48-49-127-52-53-129-55-54-128-51-50-126-47-46-124-43-42-122-39-38-120-35-34-116-3)99-88(112)61-22-25-93(26-23-61)27-31-103(32-28-93)72(106)20-11-12-21-73(107)104-59-62-14-7-8-15-63(62)80-81(101-102-100-80)64-16-9-10-18-68(64)104/h7-10,13-19,60-61,67,71,74,79,82,87,90-91,98,109,111,115H,6,11-12,20-59,95H2,1-5H3,(H,96,113)(H,97,114)(H,99,112)(H,100,101,102)/t60-,67-,71-,74-,79?,82-,87+,90+,91-,94-/m0/s1. The fourth-order valence-electron chi connectivity index (χ4n) is 18.0. The number of nitrogens with two attached hydrogens (primary N) is 1. The number of H-pyrrole nitrogens is 1. The zero-order valence-electron chi connectivity index (χ0n) is 76.9. The molecule has 12 rings (SSSR count). The number of unbranched alkanes of at least 4 members (excludes halogenated alkanes) is 1. The number of likely N-dealkylation sites (tertiary alicyclic amines) is 1. The molecule has 5 amide bonds. The van der Waals surface area contributed by atoms with Gasteiger partial charge in [-0.05, 0) is 88.3 Å². The zero-order chi connectivity index (χ0) is 94.1. The van der Waals surface area contributed by atoms with Crippen molar-refractivity contribution in [2.24, 2.45) is 17.1 Å². The van der Waals surface area contributed by atoms with Gasteiger partial charge in [0.1, 0.15) is 46.4 Å². The SMILES string of the molecule is CCO[C@H](OC)[C@@H]1N[C@H]2C[C@H](O[C@H]3C[C@](O)(C(=O)NCCNC(=O)[C@@H](NC(=O)C4CCC5(CC4)CCN(C(=O)CCCCC(=O)N4Cc6ccccc6-c6n[nH]nc6-c6ccccc64)CC5)C(N)C(=O)CCOCCOCCOCCOCCOCCOCCOCCOCCOCCOCCOCCOC)Cc4c(O)c5c(c(O)c43)C(=O)c3c(OC)cccc3C5=O)O[C@@H](C)[C@H]2O1. The summed E-state index contributed by atoms with van der Waals surface area (Å²) in [6, 6.07) is 16.3. The normalized spacial score (nSPS) is 20.8. The van der Waals surface area contributed by atoms with Crippen molar-refractivity contribution in [2.45, 2.75) is 171 Å². The fraction of sp³-hybridized carbons (Fsp3) is 0.638. The number of benzene rings is 4. The molecule has 39 nitrogen and oxygen atoms in total. The maximum absolute atomic E-state index is 14.7. The predicted molar refractivity (Wildman–Crippen MR) is 477 cm³/mol. The lowest BCUT2D eigenvalue weighted by Gasteiger charge is -2.46. The van der Waals surface area contributed by atoms with E-state index in [1.165, 1.54) is 32.4 Å². The number of aromatic hydroxyl groups is 2. The van der Waals surface area contributed by atoms with Crippen LogP contribution in [0.2, 0.25) is 0 Å². The molecule has 0 bridgehead atoms. The topological polar surface area (TPSA) is 486 Å². The van der Waals surface area contributed by atoms with E-state index in [4.69, 9.17) is 91.0 Å². The van der Waals surface area contributed by atoms with Gasteiger partial charge in [0.15, 0.2) is 30.4 Å². The van der Waals surface area contributed by atoms with Crippen LogP contribution < -0.4 is 36.6 Å². The Morgan fingerprint density at radius 2 is 1.14 bits per heavy atom. The van der Waals surface area contributed by atoms with Crippen LogP contribution >= 0.6 is 0 Å². The van der Waals surface area contributed by atoms with Crippen molar-refractivity contribution in [1.29, 1.82) is 0 Å². The van der Waals surface area contributed by atoms with Crippen LogP contribution in [-0.2, 0) is 122 Å². The van der Waals surface area contributed by atoms with Gasteiger partial charge >= 0.3 is 0 Å². The quantitative estimate of drug-likeness (QED) is 0.0143. The number of anilines is 1. The van der Waals surface area contributed by atoms with E-state index >= 15 is 0 Å². The summed E-state index contributed by atoms with van der Waals surface area (Å²) in [5, 5.41) is 60.6. The number of aromatic amines is 1. The predicted octanol–water partition coefficient (Wildman–Crippen LogP) is 4.63. The molecule has 5 heterocycles. The van der Waals surface area contributed by atoms with E-state index in [1.807, 2.05) is 60.4 Å². The Morgan fingerprint density at radius 1 is 0.609 bits per heavy atom. The number of carbonyl (C=O) groups excluding carboxylic acids is 8. The third-order valence-electron chi connectivity index (χ3n) is 25.2. The lowest BCUT2D eigenvalue weighted by atomic mass is 9.65. The van der Waals surface area contributed by atoms with Crippen molar-refractivity contribution in [3.63, 3.8) is 0 Å². The fourth-order valence-corrected chi connectivity index (χ4v) is 18.0. The molecule has 1 saturated carbocycles. The molecule has 3 aliphatic carbocycles. The van der Waals surface area contributed by atoms with Crippen LogP contribution in [0.5, 0.6) is 17.2 Å². The Bertz CT molecular complexity index is 4600. The maximum atomic E-state index is 14.7. The van der Waals surface area contributed by atoms with Crippen molar-refractivity contribution < 1.29 is 139 Å². The molecule has 1 unspecified atom stereocenters. The highest BCUT2D eigenvalue weighted by molar-refractivity contribution is 6.31. The molecule has 4 fully saturated rings. The number of aliphatic hydroxyl groups is 1. The highest BCUT2D eigenvalue weighted by atomic mass is 16.7. The van der Waals surface area contributed by atoms with E-state index in [0.29, 0.717) is 189 Å². The molecule has 1 aromatic heterocycles. The van der Waals surface area contributed by atoms with Crippen molar-refractivity contribution in [1.82, 2.24) is 41.6 Å². The van der Waals surface area contributed by atoms with Gasteiger partial charge in [-0.25, -0.2) is 0 Å². The number of nitrogens with one attached hydrogen (secondary N) is 5. The number of ketones is 3. The summed E-state index contributed by atoms with van der Waals surface area (Å²) < 4.78 is 102. The zero-order valence-corrected chi connectivity index (χ0v) is 76.9. The molecular formula is C94H132N10O29. The van der Waals surface area contributed by atoms with E-state index in [2.05, 4.69) is 36.7 Å². The molecule has 10 atom stereocenters. The van der Waals surface area contributed by atoms with Crippen LogP contribution in [-0.4, -0.2) is 343 Å². The summed E-state index contributed by atoms with van der Waals surface area (Å²) in [4.78, 5) is 118. The molecule has 5 aromatic rings. The maximum Gasteiger partial charge on any atom is 0.252 e. The third-order valence-corrected chi connectivity index (χ3v) is 25.2. The van der Waals surface area contributed by atoms with Crippen LogP contribution in [0.25, 0.3) is 22.5 Å². The van der Waals surface area contributed by atoms with Gasteiger partial charge < -0.3 is 132 Å². The Kier molecular flexibility index (Phi) is 40.5. The third kappa shape index (κ3) is 27.7. The second kappa shape index (κ2) is 52.3. The number of rotatable bonds is 57. The number of nitrogens with zero attached hydrogens (tertiary/aromatic N) is 4. The first kappa shape index (κ1) is 103. The van der Waals surface area contributed by atoms with Crippen molar-refractivity contribution >= 4 is 52.6 Å². The second-order valence-electron chi connectivity index (χ2n) is 33.8. The van der Waals surface area contributed by atoms with E-state index in [9.17, 15) is 53.7 Å². The number of piperidine rings is 1. The van der Waals surface area contributed by atoms with E-state index < -0.39 is 137 Å². The number of hydrogen-bond acceptors (Lipinski definition) is 33. The van der Waals surface area contributed by atoms with E-state index in [-0.39, 0.29) is 117 Å². The van der Waals surface area contributed by atoms with Gasteiger partial charge in [-0.2, -0.15) is 15.4 Å². The number of ether oxygens (including phenoxy) is 18. The highest BCUT2D eigenvalue weighted by Crippen LogP contribution is 2.54. The smallest absolute Gasteiger partial charge is 0.252 e. The summed E-state index contributed by atoms with van der Waals surface area (Å²) in [5.74, 6) is -6.71. The average Bonchev–Trinajstić information content (AvgIpc) is 1.08. The second-order valence-corrected chi connectivity index (χ2v) is 33.8. The van der Waals surface area contributed by atoms with Crippen molar-refractivity contribution in [3.8, 4) is 39.8 Å². The monoisotopic (exact) mass is 1860 g/mol. The Morgan fingerprint density at radius 3 is 1.72 bits per heavy atom. The summed E-state index contributed by atoms with van der Waals surface area (Å²) >= 11 is 0. The number of carbonyl (C=O) groups is 8. The molecular weight excluding hydrogens is 1730 g/mol. The van der Waals surface area contributed by atoms with Crippen molar-refractivity contribution in [2.75, 3.05) is 211 Å². The minimum absolute atomic E-state index is 0.0211. The van der Waals surface area contributed by atoms with Gasteiger partial charge in [0.2, 0.25) is 29.4 Å². The number of phenolic OH excluding ortho intramolecular Hbond substituents is 2. The first-order valence-corrected chi connectivity index (χ1v) is 46.3. The Balaban J connectivity index is 0.592. The van der Waals surface area contributed by atoms with Crippen LogP contribution in [0.4, 0.5) is 5.69 Å². The summed E-state index contributed by atoms with van der Waals surface area (Å²) in [6.07, 6.45) is -1.42. The van der Waals surface area contributed by atoms with Gasteiger partial charge in [0.05, 0.1) is 206 Å². The number of aromatic nitrogens is 3. The van der Waals surface area contributed by atoms with Gasteiger partial charge in [0, 0.05) is 125 Å². The van der Waals surface area contributed by atoms with Crippen LogP contribution in [0.3, 0.4) is 0 Å². The molecule has 1 spiro atoms. The summed E-state index contributed by atoms with van der Waals surface area (Å²) in [6.45, 7) is 13.4. The number of methoxy groups -OCH3 is 3. The number of Topliss-reactive ketones (excluding diaryl/α,β-unsaturated/α-hetero) is 1. The molecule has 4 aromatic carbocycles. The number of para-hydroxylation sites is 1. The first-order chi connectivity index (χ1) is 64.7. The molecule has 133 heavy (non-hydrogen) atoms. The minimum Gasteiger partial charge on any atom is -0.507 e. The average molecular weight is 1870 g/mol. The van der Waals surface area contributed by atoms with Crippen LogP contribution in [0.15, 0.2) is 66.7 Å². The van der Waals surface area contributed by atoms with E-state index in [0.717, 1.165) is 40.9 Å².